The standard InChI is InChI=1S/C16H23N3O3S.ClH/c1-11(13-9-17-10-13)16(20)19-14-4-6-15(7-5-14)23(21,22)18-8-12-2-3-12;/h4-7,11-13,17-18H,2-3,8-10H2,1H3,(H,19,20);1H. The zero-order valence-corrected chi connectivity index (χ0v) is 15.3. The lowest BCUT2D eigenvalue weighted by Crippen LogP contribution is -2.48. The molecule has 24 heavy (non-hydrogen) atoms. The fourth-order valence-corrected chi connectivity index (χ4v) is 3.60. The van der Waals surface area contributed by atoms with Crippen molar-refractivity contribution in [2.75, 3.05) is 25.0 Å². The van der Waals surface area contributed by atoms with Crippen molar-refractivity contribution in [1.29, 1.82) is 0 Å². The summed E-state index contributed by atoms with van der Waals surface area (Å²) in [4.78, 5) is 12.4. The van der Waals surface area contributed by atoms with Gasteiger partial charge in [0.15, 0.2) is 0 Å². The molecule has 1 saturated heterocycles. The molecule has 1 aromatic carbocycles. The predicted octanol–water partition coefficient (Wildman–Crippen LogP) is 1.59. The van der Waals surface area contributed by atoms with Crippen molar-refractivity contribution in [2.45, 2.75) is 24.7 Å². The Morgan fingerprint density at radius 3 is 2.38 bits per heavy atom. The fourth-order valence-electron chi connectivity index (χ4n) is 2.49. The maximum atomic E-state index is 12.1. The number of benzene rings is 1. The summed E-state index contributed by atoms with van der Waals surface area (Å²) in [6.45, 7) is 4.17. The zero-order chi connectivity index (χ0) is 16.4. The third kappa shape index (κ3) is 4.69. The van der Waals surface area contributed by atoms with Crippen LogP contribution in [0.4, 0.5) is 5.69 Å². The number of anilines is 1. The number of amides is 1. The minimum absolute atomic E-state index is 0. The lowest BCUT2D eigenvalue weighted by molar-refractivity contribution is -0.121. The Balaban J connectivity index is 0.00000208. The zero-order valence-electron chi connectivity index (χ0n) is 13.6. The molecule has 1 atom stereocenters. The van der Waals surface area contributed by atoms with Crippen molar-refractivity contribution >= 4 is 34.0 Å². The first-order valence-corrected chi connectivity index (χ1v) is 9.55. The van der Waals surface area contributed by atoms with E-state index in [0.717, 1.165) is 25.9 Å². The third-order valence-electron chi connectivity index (χ3n) is 4.62. The van der Waals surface area contributed by atoms with Gasteiger partial charge in [0.2, 0.25) is 15.9 Å². The molecule has 3 N–H and O–H groups in total. The second kappa shape index (κ2) is 7.82. The van der Waals surface area contributed by atoms with Crippen LogP contribution in [0.15, 0.2) is 29.2 Å². The Labute approximate surface area is 149 Å². The Morgan fingerprint density at radius 2 is 1.88 bits per heavy atom. The van der Waals surface area contributed by atoms with Crippen LogP contribution in [0.25, 0.3) is 0 Å². The first-order valence-electron chi connectivity index (χ1n) is 8.07. The summed E-state index contributed by atoms with van der Waals surface area (Å²) >= 11 is 0. The summed E-state index contributed by atoms with van der Waals surface area (Å²) in [5.41, 5.74) is 0.621. The van der Waals surface area contributed by atoms with Gasteiger partial charge in [0.1, 0.15) is 0 Å². The van der Waals surface area contributed by atoms with Crippen LogP contribution in [-0.4, -0.2) is 34.0 Å². The minimum atomic E-state index is -3.46. The second-order valence-electron chi connectivity index (χ2n) is 6.52. The molecule has 8 heteroatoms. The van der Waals surface area contributed by atoms with Crippen LogP contribution in [-0.2, 0) is 14.8 Å². The highest BCUT2D eigenvalue weighted by Gasteiger charge is 2.28. The average molecular weight is 374 g/mol. The number of rotatable bonds is 7. The van der Waals surface area contributed by atoms with Gasteiger partial charge in [-0.3, -0.25) is 4.79 Å². The number of sulfonamides is 1. The van der Waals surface area contributed by atoms with Crippen LogP contribution in [0, 0.1) is 17.8 Å². The highest BCUT2D eigenvalue weighted by atomic mass is 35.5. The number of hydrogen-bond acceptors (Lipinski definition) is 4. The number of halogens is 1. The molecular formula is C16H24ClN3O3S. The highest BCUT2D eigenvalue weighted by molar-refractivity contribution is 7.89. The van der Waals surface area contributed by atoms with Crippen LogP contribution in [0.3, 0.4) is 0 Å². The molecule has 1 aliphatic heterocycles. The smallest absolute Gasteiger partial charge is 0.240 e. The molecule has 6 nitrogen and oxygen atoms in total. The molecule has 1 aliphatic carbocycles. The predicted molar refractivity (Wildman–Crippen MR) is 95.8 cm³/mol. The van der Waals surface area contributed by atoms with Crippen LogP contribution in [0.5, 0.6) is 0 Å². The monoisotopic (exact) mass is 373 g/mol. The number of nitrogens with one attached hydrogen (secondary N) is 3. The molecule has 1 heterocycles. The SMILES string of the molecule is CC(C(=O)Nc1ccc(S(=O)(=O)NCC2CC2)cc1)C1CNC1.Cl. The summed E-state index contributed by atoms with van der Waals surface area (Å²) in [6.07, 6.45) is 2.20. The Morgan fingerprint density at radius 1 is 1.25 bits per heavy atom. The van der Waals surface area contributed by atoms with Gasteiger partial charge in [0.25, 0.3) is 0 Å². The van der Waals surface area contributed by atoms with E-state index in [-0.39, 0.29) is 29.1 Å². The van der Waals surface area contributed by atoms with Crippen LogP contribution >= 0.6 is 12.4 Å². The van der Waals surface area contributed by atoms with Gasteiger partial charge in [-0.25, -0.2) is 13.1 Å². The van der Waals surface area contributed by atoms with Crippen LogP contribution in [0.2, 0.25) is 0 Å². The number of hydrogen-bond donors (Lipinski definition) is 3. The Kier molecular flexibility index (Phi) is 6.25. The van der Waals surface area contributed by atoms with E-state index < -0.39 is 10.0 Å². The van der Waals surface area contributed by atoms with E-state index >= 15 is 0 Å². The van der Waals surface area contributed by atoms with Gasteiger partial charge in [-0.05, 0) is 62.0 Å². The molecule has 2 fully saturated rings. The molecule has 0 bridgehead atoms. The second-order valence-corrected chi connectivity index (χ2v) is 8.28. The molecule has 134 valence electrons. The van der Waals surface area contributed by atoms with Crippen molar-refractivity contribution in [2.24, 2.45) is 17.8 Å². The summed E-state index contributed by atoms with van der Waals surface area (Å²) in [7, 11) is -3.46. The topological polar surface area (TPSA) is 87.3 Å². The van der Waals surface area contributed by atoms with Gasteiger partial charge in [0.05, 0.1) is 4.90 Å². The summed E-state index contributed by atoms with van der Waals surface area (Å²) in [6, 6.07) is 6.32. The normalized spacial score (nSPS) is 19.0. The molecule has 3 rings (SSSR count). The largest absolute Gasteiger partial charge is 0.326 e. The van der Waals surface area contributed by atoms with E-state index in [1.54, 1.807) is 12.1 Å². The fraction of sp³-hybridized carbons (Fsp3) is 0.562. The molecule has 0 spiro atoms. The molecular weight excluding hydrogens is 350 g/mol. The van der Waals surface area contributed by atoms with Crippen molar-refractivity contribution in [1.82, 2.24) is 10.0 Å². The molecule has 0 aromatic heterocycles. The number of carbonyl (C=O) groups is 1. The number of carbonyl (C=O) groups excluding carboxylic acids is 1. The van der Waals surface area contributed by atoms with Gasteiger partial charge in [-0.15, -0.1) is 12.4 Å². The molecule has 1 unspecified atom stereocenters. The highest BCUT2D eigenvalue weighted by Crippen LogP contribution is 2.28. The van der Waals surface area contributed by atoms with E-state index in [4.69, 9.17) is 0 Å². The molecule has 2 aliphatic rings. The van der Waals surface area contributed by atoms with E-state index in [1.165, 1.54) is 12.1 Å². The summed E-state index contributed by atoms with van der Waals surface area (Å²) in [5, 5.41) is 6.00. The van der Waals surface area contributed by atoms with Gasteiger partial charge in [-0.1, -0.05) is 6.92 Å². The lowest BCUT2D eigenvalue weighted by atomic mass is 9.88. The Bertz CT molecular complexity index is 670. The van der Waals surface area contributed by atoms with E-state index in [0.29, 0.717) is 24.1 Å². The average Bonchev–Trinajstić information content (AvgIpc) is 3.28. The van der Waals surface area contributed by atoms with Crippen LogP contribution < -0.4 is 15.4 Å². The van der Waals surface area contributed by atoms with Crippen molar-refractivity contribution in [3.63, 3.8) is 0 Å². The molecule has 1 saturated carbocycles. The van der Waals surface area contributed by atoms with Crippen molar-refractivity contribution < 1.29 is 13.2 Å². The maximum Gasteiger partial charge on any atom is 0.240 e. The minimum Gasteiger partial charge on any atom is -0.326 e. The van der Waals surface area contributed by atoms with Gasteiger partial charge in [0, 0.05) is 18.2 Å². The third-order valence-corrected chi connectivity index (χ3v) is 6.06. The van der Waals surface area contributed by atoms with Gasteiger partial charge < -0.3 is 10.6 Å². The van der Waals surface area contributed by atoms with Gasteiger partial charge in [-0.2, -0.15) is 0 Å². The molecule has 1 amide bonds. The van der Waals surface area contributed by atoms with Crippen LogP contribution in [0.1, 0.15) is 19.8 Å². The quantitative estimate of drug-likeness (QED) is 0.677. The lowest BCUT2D eigenvalue weighted by Gasteiger charge is -2.31. The maximum absolute atomic E-state index is 12.1. The van der Waals surface area contributed by atoms with Gasteiger partial charge >= 0.3 is 0 Å². The van der Waals surface area contributed by atoms with Crippen molar-refractivity contribution in [3.8, 4) is 0 Å². The first-order chi connectivity index (χ1) is 11.0. The van der Waals surface area contributed by atoms with E-state index in [1.807, 2.05) is 6.92 Å². The van der Waals surface area contributed by atoms with Crippen molar-refractivity contribution in [3.05, 3.63) is 24.3 Å². The summed E-state index contributed by atoms with van der Waals surface area (Å²) in [5.74, 6) is 0.783. The Hall–Kier alpha value is -1.15. The first kappa shape index (κ1) is 19.2. The molecule has 1 aromatic rings. The van der Waals surface area contributed by atoms with E-state index in [9.17, 15) is 13.2 Å². The molecule has 0 radical (unpaired) electrons. The summed E-state index contributed by atoms with van der Waals surface area (Å²) < 4.78 is 26.9. The van der Waals surface area contributed by atoms with E-state index in [2.05, 4.69) is 15.4 Å².